The van der Waals surface area contributed by atoms with Crippen LogP contribution < -0.4 is 10.6 Å². The van der Waals surface area contributed by atoms with E-state index in [1.807, 2.05) is 30.5 Å². The van der Waals surface area contributed by atoms with E-state index in [4.69, 9.17) is 9.15 Å². The van der Waals surface area contributed by atoms with E-state index < -0.39 is 12.0 Å². The van der Waals surface area contributed by atoms with Gasteiger partial charge in [0.05, 0.1) is 13.2 Å². The van der Waals surface area contributed by atoms with Gasteiger partial charge in [-0.25, -0.2) is 4.79 Å². The molecule has 0 bridgehead atoms. The molecule has 0 fully saturated rings. The second-order valence-electron chi connectivity index (χ2n) is 6.52. The molecule has 1 atom stereocenters. The van der Waals surface area contributed by atoms with Crippen LogP contribution in [0.25, 0.3) is 10.9 Å². The molecule has 0 aliphatic heterocycles. The van der Waals surface area contributed by atoms with Gasteiger partial charge in [0.15, 0.2) is 0 Å². The zero-order chi connectivity index (χ0) is 20.8. The lowest BCUT2D eigenvalue weighted by Gasteiger charge is -2.17. The second-order valence-corrected chi connectivity index (χ2v) is 6.52. The predicted octanol–water partition coefficient (Wildman–Crippen LogP) is 2.30. The average molecular weight is 397 g/mol. The minimum Gasteiger partial charge on any atom is -0.460 e. The number of benzene rings is 1. The quantitative estimate of drug-likeness (QED) is 0.505. The molecular formula is C21H23N3O5. The van der Waals surface area contributed by atoms with Crippen LogP contribution in [-0.4, -0.2) is 35.4 Å². The fraction of sp³-hybridized carbons (Fsp3) is 0.286. The van der Waals surface area contributed by atoms with Crippen LogP contribution in [0.15, 0.2) is 47.0 Å². The van der Waals surface area contributed by atoms with Gasteiger partial charge in [-0.2, -0.15) is 0 Å². The lowest BCUT2D eigenvalue weighted by Crippen LogP contribution is -2.47. The third-order valence-corrected chi connectivity index (χ3v) is 4.37. The first-order valence-electron chi connectivity index (χ1n) is 9.33. The van der Waals surface area contributed by atoms with Gasteiger partial charge in [0.1, 0.15) is 11.8 Å². The van der Waals surface area contributed by atoms with Crippen LogP contribution in [0.5, 0.6) is 0 Å². The number of nitrogens with one attached hydrogen (secondary N) is 3. The number of para-hydroxylation sites is 1. The molecule has 3 N–H and O–H groups in total. The van der Waals surface area contributed by atoms with Crippen LogP contribution in [0.1, 0.15) is 35.7 Å². The monoisotopic (exact) mass is 397 g/mol. The topological polar surface area (TPSA) is 113 Å². The number of carbonyl (C=O) groups excluding carboxylic acids is 3. The van der Waals surface area contributed by atoms with Crippen molar-refractivity contribution in [3.63, 3.8) is 0 Å². The van der Waals surface area contributed by atoms with E-state index in [9.17, 15) is 14.4 Å². The zero-order valence-electron chi connectivity index (χ0n) is 16.3. The van der Waals surface area contributed by atoms with Crippen molar-refractivity contribution in [3.8, 4) is 0 Å². The molecule has 0 saturated heterocycles. The van der Waals surface area contributed by atoms with E-state index in [2.05, 4.69) is 15.6 Å². The molecular weight excluding hydrogens is 374 g/mol. The van der Waals surface area contributed by atoms with Gasteiger partial charge in [0.25, 0.3) is 0 Å². The fourth-order valence-corrected chi connectivity index (χ4v) is 3.06. The van der Waals surface area contributed by atoms with Gasteiger partial charge in [-0.3, -0.25) is 9.59 Å². The molecule has 29 heavy (non-hydrogen) atoms. The van der Waals surface area contributed by atoms with Gasteiger partial charge in [-0.1, -0.05) is 18.2 Å². The Morgan fingerprint density at radius 2 is 1.97 bits per heavy atom. The zero-order valence-corrected chi connectivity index (χ0v) is 16.3. The van der Waals surface area contributed by atoms with E-state index in [-0.39, 0.29) is 30.7 Å². The van der Waals surface area contributed by atoms with Crippen molar-refractivity contribution in [3.05, 3.63) is 59.7 Å². The lowest BCUT2D eigenvalue weighted by molar-refractivity contribution is -0.128. The molecule has 2 heterocycles. The van der Waals surface area contributed by atoms with Crippen molar-refractivity contribution in [2.75, 3.05) is 6.61 Å². The number of esters is 1. The Morgan fingerprint density at radius 3 is 2.72 bits per heavy atom. The van der Waals surface area contributed by atoms with Gasteiger partial charge in [0.2, 0.25) is 17.6 Å². The number of H-pyrrole nitrogens is 1. The van der Waals surface area contributed by atoms with Gasteiger partial charge >= 0.3 is 5.97 Å². The Kier molecular flexibility index (Phi) is 6.33. The molecule has 8 nitrogen and oxygen atoms in total. The van der Waals surface area contributed by atoms with E-state index in [1.54, 1.807) is 13.0 Å². The molecule has 0 aliphatic carbocycles. The van der Waals surface area contributed by atoms with Gasteiger partial charge < -0.3 is 24.8 Å². The Hall–Kier alpha value is -3.55. The van der Waals surface area contributed by atoms with E-state index >= 15 is 0 Å². The molecule has 0 spiro atoms. The molecule has 1 unspecified atom stereocenters. The number of hydrogen-bond acceptors (Lipinski definition) is 5. The number of aromatic nitrogens is 1. The number of ether oxygens (including phenoxy) is 1. The number of aromatic amines is 1. The highest BCUT2D eigenvalue weighted by Crippen LogP contribution is 2.19. The van der Waals surface area contributed by atoms with Crippen LogP contribution in [0.4, 0.5) is 0 Å². The summed E-state index contributed by atoms with van der Waals surface area (Å²) in [6.07, 6.45) is 2.17. The van der Waals surface area contributed by atoms with E-state index in [1.165, 1.54) is 13.0 Å². The van der Waals surface area contributed by atoms with E-state index in [0.717, 1.165) is 16.5 Å². The van der Waals surface area contributed by atoms with Crippen LogP contribution >= 0.6 is 0 Å². The summed E-state index contributed by atoms with van der Waals surface area (Å²) in [4.78, 5) is 39.1. The van der Waals surface area contributed by atoms with Crippen molar-refractivity contribution in [1.82, 2.24) is 15.6 Å². The Labute approximate surface area is 167 Å². The summed E-state index contributed by atoms with van der Waals surface area (Å²) in [5.41, 5.74) is 1.89. The van der Waals surface area contributed by atoms with Crippen molar-refractivity contribution in [2.24, 2.45) is 0 Å². The number of amides is 2. The predicted molar refractivity (Wildman–Crippen MR) is 106 cm³/mol. The third kappa shape index (κ3) is 5.04. The number of fused-ring (bicyclic) bond motifs is 1. The first-order chi connectivity index (χ1) is 14.0. The standard InChI is InChI=1S/C21H23N3O5/c1-3-28-21(27)19-9-8-15(29-19)12-23-20(26)18(24-13(2)25)10-14-11-22-17-7-5-4-6-16(14)17/h4-9,11,18,22H,3,10,12H2,1-2H3,(H,23,26)(H,24,25). The first-order valence-corrected chi connectivity index (χ1v) is 9.33. The maximum absolute atomic E-state index is 12.7. The Balaban J connectivity index is 1.66. The summed E-state index contributed by atoms with van der Waals surface area (Å²) in [5.74, 6) is -0.712. The van der Waals surface area contributed by atoms with Crippen molar-refractivity contribution >= 4 is 28.7 Å². The van der Waals surface area contributed by atoms with Crippen LogP contribution in [-0.2, 0) is 27.3 Å². The molecule has 0 aliphatic rings. The summed E-state index contributed by atoms with van der Waals surface area (Å²) in [6, 6.07) is 10.1. The number of rotatable bonds is 8. The fourth-order valence-electron chi connectivity index (χ4n) is 3.06. The summed E-state index contributed by atoms with van der Waals surface area (Å²) in [6.45, 7) is 3.41. The average Bonchev–Trinajstić information content (AvgIpc) is 3.33. The molecule has 3 aromatic rings. The summed E-state index contributed by atoms with van der Waals surface area (Å²) < 4.78 is 10.3. The number of hydrogen-bond donors (Lipinski definition) is 3. The first kappa shape index (κ1) is 20.2. The normalized spacial score (nSPS) is 11.8. The second kappa shape index (κ2) is 9.09. The van der Waals surface area contributed by atoms with Crippen LogP contribution in [0.2, 0.25) is 0 Å². The Bertz CT molecular complexity index is 1020. The van der Waals surface area contributed by atoms with Gasteiger partial charge in [-0.05, 0) is 30.7 Å². The Morgan fingerprint density at radius 1 is 1.17 bits per heavy atom. The minimum absolute atomic E-state index is 0.0771. The molecule has 0 radical (unpaired) electrons. The highest BCUT2D eigenvalue weighted by Gasteiger charge is 2.22. The van der Waals surface area contributed by atoms with Crippen LogP contribution in [0, 0.1) is 0 Å². The highest BCUT2D eigenvalue weighted by molar-refractivity contribution is 5.89. The largest absolute Gasteiger partial charge is 0.460 e. The van der Waals surface area contributed by atoms with Crippen molar-refractivity contribution in [1.29, 1.82) is 0 Å². The number of carbonyl (C=O) groups is 3. The smallest absolute Gasteiger partial charge is 0.374 e. The minimum atomic E-state index is -0.744. The van der Waals surface area contributed by atoms with E-state index in [0.29, 0.717) is 12.2 Å². The van der Waals surface area contributed by atoms with Crippen molar-refractivity contribution < 1.29 is 23.5 Å². The lowest BCUT2D eigenvalue weighted by atomic mass is 10.0. The van der Waals surface area contributed by atoms with Gasteiger partial charge in [-0.15, -0.1) is 0 Å². The third-order valence-electron chi connectivity index (χ3n) is 4.37. The molecule has 0 saturated carbocycles. The number of furan rings is 1. The molecule has 2 amide bonds. The van der Waals surface area contributed by atoms with Crippen LogP contribution in [0.3, 0.4) is 0 Å². The molecule has 1 aromatic carbocycles. The van der Waals surface area contributed by atoms with Crippen molar-refractivity contribution in [2.45, 2.75) is 32.9 Å². The molecule has 8 heteroatoms. The maximum atomic E-state index is 12.7. The molecule has 2 aromatic heterocycles. The highest BCUT2D eigenvalue weighted by atomic mass is 16.5. The molecule has 152 valence electrons. The summed E-state index contributed by atoms with van der Waals surface area (Å²) in [5, 5.41) is 6.43. The maximum Gasteiger partial charge on any atom is 0.374 e. The summed E-state index contributed by atoms with van der Waals surface area (Å²) >= 11 is 0. The SMILES string of the molecule is CCOC(=O)c1ccc(CNC(=O)C(Cc2c[nH]c3ccccc23)NC(C)=O)o1. The van der Waals surface area contributed by atoms with Gasteiger partial charge in [0, 0.05) is 30.4 Å². The summed E-state index contributed by atoms with van der Waals surface area (Å²) in [7, 11) is 0. The molecule has 3 rings (SSSR count).